The van der Waals surface area contributed by atoms with Gasteiger partial charge in [0.15, 0.2) is 0 Å². The van der Waals surface area contributed by atoms with Crippen LogP contribution < -0.4 is 5.73 Å². The molecule has 21 heavy (non-hydrogen) atoms. The summed E-state index contributed by atoms with van der Waals surface area (Å²) in [5, 5.41) is 0. The van der Waals surface area contributed by atoms with E-state index in [9.17, 15) is 9.18 Å². The highest BCUT2D eigenvalue weighted by Crippen LogP contribution is 2.29. The van der Waals surface area contributed by atoms with Gasteiger partial charge >= 0.3 is 5.97 Å². The van der Waals surface area contributed by atoms with E-state index in [1.807, 2.05) is 36.4 Å². The highest BCUT2D eigenvalue weighted by atomic mass is 127. The number of nitrogen functional groups attached to an aromatic ring is 1. The second-order valence-electron chi connectivity index (χ2n) is 5.26. The second kappa shape index (κ2) is 6.17. The molecular formula is C14H17FIN3O2. The summed E-state index contributed by atoms with van der Waals surface area (Å²) in [5.74, 6) is -0.340. The van der Waals surface area contributed by atoms with Gasteiger partial charge in [-0.1, -0.05) is 13.8 Å². The van der Waals surface area contributed by atoms with Gasteiger partial charge in [-0.25, -0.2) is 14.2 Å². The predicted octanol–water partition coefficient (Wildman–Crippen LogP) is 3.12. The molecule has 1 unspecified atom stereocenters. The normalized spacial score (nSPS) is 12.9. The first-order valence-electron chi connectivity index (χ1n) is 6.55. The van der Waals surface area contributed by atoms with E-state index in [0.29, 0.717) is 21.0 Å². The Morgan fingerprint density at radius 1 is 1.52 bits per heavy atom. The van der Waals surface area contributed by atoms with E-state index < -0.39 is 12.0 Å². The van der Waals surface area contributed by atoms with Gasteiger partial charge in [-0.3, -0.25) is 4.57 Å². The third-order valence-electron chi connectivity index (χ3n) is 3.24. The van der Waals surface area contributed by atoms with Crippen LogP contribution in [0.5, 0.6) is 0 Å². The summed E-state index contributed by atoms with van der Waals surface area (Å²) in [4.78, 5) is 16.3. The lowest BCUT2D eigenvalue weighted by molar-refractivity contribution is -0.145. The minimum atomic E-state index is -0.612. The monoisotopic (exact) mass is 405 g/mol. The highest BCUT2D eigenvalue weighted by Gasteiger charge is 2.27. The van der Waals surface area contributed by atoms with E-state index in [1.54, 1.807) is 10.6 Å². The molecule has 1 aromatic carbocycles. The number of methoxy groups -OCH3 is 1. The van der Waals surface area contributed by atoms with Crippen LogP contribution in [0.25, 0.3) is 11.0 Å². The highest BCUT2D eigenvalue weighted by molar-refractivity contribution is 14.1. The summed E-state index contributed by atoms with van der Waals surface area (Å²) in [6.45, 7) is 3.99. The molecule has 0 radical (unpaired) electrons. The number of nitrogens with two attached hydrogens (primary N) is 1. The van der Waals surface area contributed by atoms with Crippen molar-refractivity contribution in [2.45, 2.75) is 26.3 Å². The molecule has 0 spiro atoms. The van der Waals surface area contributed by atoms with Crippen molar-refractivity contribution >= 4 is 45.5 Å². The smallest absolute Gasteiger partial charge is 0.328 e. The van der Waals surface area contributed by atoms with Crippen molar-refractivity contribution in [1.29, 1.82) is 0 Å². The number of nitrogens with zero attached hydrogens (tertiary/aromatic N) is 2. The van der Waals surface area contributed by atoms with Gasteiger partial charge in [0.25, 0.3) is 0 Å². The number of hydrogen-bond donors (Lipinski definition) is 1. The zero-order valence-corrected chi connectivity index (χ0v) is 14.2. The maximum Gasteiger partial charge on any atom is 0.328 e. The summed E-state index contributed by atoms with van der Waals surface area (Å²) in [6.07, 6.45) is 0.538. The summed E-state index contributed by atoms with van der Waals surface area (Å²) in [6, 6.07) is 2.36. The average Bonchev–Trinajstić information content (AvgIpc) is 2.71. The Morgan fingerprint density at radius 2 is 2.19 bits per heavy atom. The van der Waals surface area contributed by atoms with Gasteiger partial charge in [0.1, 0.15) is 11.9 Å². The van der Waals surface area contributed by atoms with Gasteiger partial charge in [0.05, 0.1) is 21.7 Å². The lowest BCUT2D eigenvalue weighted by Gasteiger charge is -2.20. The minimum Gasteiger partial charge on any atom is -0.467 e. The van der Waals surface area contributed by atoms with Crippen molar-refractivity contribution < 1.29 is 13.9 Å². The quantitative estimate of drug-likeness (QED) is 0.627. The van der Waals surface area contributed by atoms with Crippen LogP contribution in [0.1, 0.15) is 26.3 Å². The molecule has 114 valence electrons. The Morgan fingerprint density at radius 3 is 2.76 bits per heavy atom. The van der Waals surface area contributed by atoms with Crippen LogP contribution in [0.2, 0.25) is 0 Å². The fourth-order valence-electron chi connectivity index (χ4n) is 2.33. The van der Waals surface area contributed by atoms with E-state index in [1.165, 1.54) is 13.2 Å². The summed E-state index contributed by atoms with van der Waals surface area (Å²) < 4.78 is 20.7. The largest absolute Gasteiger partial charge is 0.467 e. The molecule has 0 saturated carbocycles. The molecule has 0 bridgehead atoms. The molecule has 7 heteroatoms. The molecule has 0 aliphatic heterocycles. The molecule has 2 aromatic rings. The number of imidazole rings is 1. The number of fused-ring (bicyclic) bond motifs is 1. The molecule has 0 fully saturated rings. The fraction of sp³-hybridized carbons (Fsp3) is 0.429. The number of ether oxygens (including phenoxy) is 1. The fourth-order valence-corrected chi connectivity index (χ4v) is 2.78. The zero-order chi connectivity index (χ0) is 15.7. The standard InChI is InChI=1S/C14H17FIN3O2/c1-7(2)4-12(13(20)21-3)19-11-5-8(15)9(16)6-10(11)18-14(19)17/h5-7,12H,4H2,1-3H3,(H2,17,18). The average molecular weight is 405 g/mol. The van der Waals surface area contributed by atoms with Crippen LogP contribution in [0.15, 0.2) is 12.1 Å². The second-order valence-corrected chi connectivity index (χ2v) is 6.43. The number of rotatable bonds is 4. The lowest BCUT2D eigenvalue weighted by Crippen LogP contribution is -2.24. The van der Waals surface area contributed by atoms with Crippen molar-refractivity contribution in [2.75, 3.05) is 12.8 Å². The van der Waals surface area contributed by atoms with Crippen molar-refractivity contribution in [2.24, 2.45) is 5.92 Å². The molecule has 1 heterocycles. The van der Waals surface area contributed by atoms with Crippen LogP contribution >= 0.6 is 22.6 Å². The first kappa shape index (κ1) is 16.0. The maximum atomic E-state index is 13.8. The third-order valence-corrected chi connectivity index (χ3v) is 4.07. The van der Waals surface area contributed by atoms with Crippen LogP contribution in [-0.4, -0.2) is 22.6 Å². The lowest BCUT2D eigenvalue weighted by atomic mass is 10.0. The SMILES string of the molecule is COC(=O)C(CC(C)C)n1c(N)nc2cc(I)c(F)cc21. The van der Waals surface area contributed by atoms with Crippen LogP contribution in [0, 0.1) is 15.3 Å². The Balaban J connectivity index is 2.64. The first-order chi connectivity index (χ1) is 9.85. The van der Waals surface area contributed by atoms with Crippen molar-refractivity contribution in [3.8, 4) is 0 Å². The van der Waals surface area contributed by atoms with Crippen molar-refractivity contribution in [1.82, 2.24) is 9.55 Å². The van der Waals surface area contributed by atoms with Crippen molar-refractivity contribution in [3.05, 3.63) is 21.5 Å². The van der Waals surface area contributed by atoms with Crippen LogP contribution in [0.4, 0.5) is 10.3 Å². The molecule has 0 aliphatic rings. The van der Waals surface area contributed by atoms with Gasteiger partial charge in [-0.05, 0) is 41.0 Å². The molecule has 2 rings (SSSR count). The Bertz CT molecular complexity index is 684. The molecule has 1 atom stereocenters. The molecule has 0 amide bonds. The van der Waals surface area contributed by atoms with Gasteiger partial charge in [0.2, 0.25) is 5.95 Å². The minimum absolute atomic E-state index is 0.183. The van der Waals surface area contributed by atoms with E-state index in [2.05, 4.69) is 4.98 Å². The van der Waals surface area contributed by atoms with E-state index >= 15 is 0 Å². The van der Waals surface area contributed by atoms with Gasteiger partial charge < -0.3 is 10.5 Å². The van der Waals surface area contributed by atoms with E-state index in [4.69, 9.17) is 10.5 Å². The molecule has 5 nitrogen and oxygen atoms in total. The Kier molecular flexibility index (Phi) is 4.70. The van der Waals surface area contributed by atoms with E-state index in [0.717, 1.165) is 0 Å². The zero-order valence-electron chi connectivity index (χ0n) is 12.1. The predicted molar refractivity (Wildman–Crippen MR) is 87.3 cm³/mol. The molecule has 0 saturated heterocycles. The van der Waals surface area contributed by atoms with Crippen molar-refractivity contribution in [3.63, 3.8) is 0 Å². The molecular weight excluding hydrogens is 388 g/mol. The van der Waals surface area contributed by atoms with Crippen LogP contribution in [-0.2, 0) is 9.53 Å². The first-order valence-corrected chi connectivity index (χ1v) is 7.63. The molecule has 1 aromatic heterocycles. The summed E-state index contributed by atoms with van der Waals surface area (Å²) in [5.41, 5.74) is 7.01. The molecule has 0 aliphatic carbocycles. The number of hydrogen-bond acceptors (Lipinski definition) is 4. The summed E-state index contributed by atoms with van der Waals surface area (Å²) >= 11 is 1.89. The number of aromatic nitrogens is 2. The topological polar surface area (TPSA) is 70.1 Å². The van der Waals surface area contributed by atoms with Gasteiger partial charge in [-0.2, -0.15) is 0 Å². The Hall–Kier alpha value is -1.38. The number of carbonyl (C=O) groups excluding carboxylic acids is 1. The summed E-state index contributed by atoms with van der Waals surface area (Å²) in [7, 11) is 1.33. The Labute approximate surface area is 135 Å². The molecule has 2 N–H and O–H groups in total. The number of esters is 1. The number of halogens is 2. The van der Waals surface area contributed by atoms with Gasteiger partial charge in [-0.15, -0.1) is 0 Å². The number of carbonyl (C=O) groups is 1. The van der Waals surface area contributed by atoms with Crippen LogP contribution in [0.3, 0.4) is 0 Å². The third kappa shape index (κ3) is 3.12. The van der Waals surface area contributed by atoms with E-state index in [-0.39, 0.29) is 17.7 Å². The number of anilines is 1. The maximum absolute atomic E-state index is 13.8. The van der Waals surface area contributed by atoms with Gasteiger partial charge in [0, 0.05) is 6.07 Å². The number of benzene rings is 1.